The van der Waals surface area contributed by atoms with Gasteiger partial charge in [-0.05, 0) is 86.4 Å². The number of anilines is 2. The van der Waals surface area contributed by atoms with E-state index in [0.29, 0.717) is 12.5 Å². The third-order valence-electron chi connectivity index (χ3n) is 8.93. The van der Waals surface area contributed by atoms with Crippen molar-refractivity contribution in [2.75, 3.05) is 37.8 Å². The second-order valence-electron chi connectivity index (χ2n) is 12.6. The van der Waals surface area contributed by atoms with Crippen LogP contribution in [0.25, 0.3) is 55.4 Å². The van der Waals surface area contributed by atoms with E-state index in [4.69, 9.17) is 5.10 Å². The molecule has 8 nitrogen and oxygen atoms in total. The van der Waals surface area contributed by atoms with Crippen LogP contribution in [0.5, 0.6) is 0 Å². The molecule has 0 amide bonds. The van der Waals surface area contributed by atoms with E-state index >= 15 is 0 Å². The lowest BCUT2D eigenvalue weighted by Gasteiger charge is -2.24. The summed E-state index contributed by atoms with van der Waals surface area (Å²) in [5.41, 5.74) is 9.87. The van der Waals surface area contributed by atoms with E-state index in [9.17, 15) is 4.39 Å². The van der Waals surface area contributed by atoms with Crippen LogP contribution in [0.1, 0.15) is 32.1 Å². The van der Waals surface area contributed by atoms with Crippen molar-refractivity contribution in [3.63, 3.8) is 0 Å². The number of nitrogens with zero attached hydrogens (tertiary/aromatic N) is 4. The monoisotopic (exact) mass is 614 g/mol. The molecule has 234 valence electrons. The van der Waals surface area contributed by atoms with Crippen LogP contribution in [0, 0.1) is 11.7 Å². The number of pyridine rings is 2. The molecular weight excluding hydrogens is 575 g/mol. The van der Waals surface area contributed by atoms with Crippen LogP contribution >= 0.6 is 0 Å². The third-order valence-corrected chi connectivity index (χ3v) is 8.93. The molecule has 0 radical (unpaired) electrons. The summed E-state index contributed by atoms with van der Waals surface area (Å²) in [5, 5.41) is 16.7. The van der Waals surface area contributed by atoms with Crippen molar-refractivity contribution in [1.29, 1.82) is 0 Å². The Morgan fingerprint density at radius 2 is 1.70 bits per heavy atom. The SMILES string of the molecule is C=C(Nc1cncc(-c2ccc3[nH]nc(-c4cc5c(-c6cc(F)cc(NCCN(C)C)c6)cncc5[nH]4)c3c2)c1)C1CCCCC1. The topological polar surface area (TPSA) is 97.5 Å². The first-order valence-electron chi connectivity index (χ1n) is 16.0. The number of hydrogen-bond acceptors (Lipinski definition) is 6. The number of nitrogens with one attached hydrogen (secondary N) is 4. The molecule has 4 N–H and O–H groups in total. The summed E-state index contributed by atoms with van der Waals surface area (Å²) in [5.74, 6) is 0.220. The Morgan fingerprint density at radius 1 is 0.870 bits per heavy atom. The zero-order valence-electron chi connectivity index (χ0n) is 26.3. The summed E-state index contributed by atoms with van der Waals surface area (Å²) in [7, 11) is 4.03. The number of fused-ring (bicyclic) bond motifs is 2. The number of H-pyrrole nitrogens is 2. The Hall–Kier alpha value is -5.02. The van der Waals surface area contributed by atoms with Gasteiger partial charge in [0.2, 0.25) is 0 Å². The molecule has 46 heavy (non-hydrogen) atoms. The van der Waals surface area contributed by atoms with Gasteiger partial charge in [-0.15, -0.1) is 0 Å². The molecule has 7 rings (SSSR count). The fourth-order valence-electron chi connectivity index (χ4n) is 6.48. The highest BCUT2D eigenvalue weighted by molar-refractivity contribution is 6.01. The zero-order valence-corrected chi connectivity index (χ0v) is 26.3. The zero-order chi connectivity index (χ0) is 31.6. The van der Waals surface area contributed by atoms with Gasteiger partial charge in [0.15, 0.2) is 0 Å². The van der Waals surface area contributed by atoms with Crippen LogP contribution in [-0.2, 0) is 0 Å². The fourth-order valence-corrected chi connectivity index (χ4v) is 6.48. The number of aromatic nitrogens is 5. The lowest BCUT2D eigenvalue weighted by atomic mass is 9.87. The smallest absolute Gasteiger partial charge is 0.125 e. The van der Waals surface area contributed by atoms with E-state index in [1.54, 1.807) is 18.5 Å². The maximum Gasteiger partial charge on any atom is 0.125 e. The van der Waals surface area contributed by atoms with Gasteiger partial charge in [0.25, 0.3) is 0 Å². The normalized spacial score (nSPS) is 13.9. The summed E-state index contributed by atoms with van der Waals surface area (Å²) in [6, 6.07) is 15.5. The van der Waals surface area contributed by atoms with Gasteiger partial charge >= 0.3 is 0 Å². The van der Waals surface area contributed by atoms with E-state index in [0.717, 1.165) is 79.1 Å². The Kier molecular flexibility index (Phi) is 8.24. The molecule has 1 aliphatic carbocycles. The van der Waals surface area contributed by atoms with Crippen molar-refractivity contribution in [3.05, 3.63) is 91.4 Å². The number of hydrogen-bond donors (Lipinski definition) is 4. The van der Waals surface area contributed by atoms with Gasteiger partial charge in [0, 0.05) is 58.8 Å². The van der Waals surface area contributed by atoms with Gasteiger partial charge in [0.05, 0.1) is 34.8 Å². The average Bonchev–Trinajstić information content (AvgIpc) is 3.69. The minimum absolute atomic E-state index is 0.296. The summed E-state index contributed by atoms with van der Waals surface area (Å²) in [6.45, 7) is 5.90. The molecule has 2 aromatic carbocycles. The number of benzene rings is 2. The maximum atomic E-state index is 14.7. The lowest BCUT2D eigenvalue weighted by molar-refractivity contribution is 0.405. The summed E-state index contributed by atoms with van der Waals surface area (Å²) in [4.78, 5) is 14.6. The molecular formula is C37H39FN8. The first-order valence-corrected chi connectivity index (χ1v) is 16.0. The molecule has 4 heterocycles. The number of likely N-dealkylation sites (N-methyl/N-ethyl adjacent to an activating group) is 1. The van der Waals surface area contributed by atoms with Gasteiger partial charge in [-0.3, -0.25) is 15.1 Å². The molecule has 0 atom stereocenters. The highest BCUT2D eigenvalue weighted by Gasteiger charge is 2.18. The predicted octanol–water partition coefficient (Wildman–Crippen LogP) is 8.45. The molecule has 0 saturated heterocycles. The second-order valence-corrected chi connectivity index (χ2v) is 12.6. The summed E-state index contributed by atoms with van der Waals surface area (Å²) >= 11 is 0. The van der Waals surface area contributed by atoms with Crippen LogP contribution in [-0.4, -0.2) is 57.2 Å². The summed E-state index contributed by atoms with van der Waals surface area (Å²) in [6.07, 6.45) is 13.6. The summed E-state index contributed by atoms with van der Waals surface area (Å²) < 4.78 is 14.7. The van der Waals surface area contributed by atoms with E-state index in [-0.39, 0.29) is 5.82 Å². The predicted molar refractivity (Wildman–Crippen MR) is 186 cm³/mol. The van der Waals surface area contributed by atoms with Crippen LogP contribution in [0.3, 0.4) is 0 Å². The largest absolute Gasteiger partial charge is 0.384 e. The van der Waals surface area contributed by atoms with Gasteiger partial charge in [-0.2, -0.15) is 5.10 Å². The molecule has 1 saturated carbocycles. The Morgan fingerprint density at radius 3 is 2.54 bits per heavy atom. The van der Waals surface area contributed by atoms with Crippen LogP contribution < -0.4 is 10.6 Å². The van der Waals surface area contributed by atoms with Crippen LogP contribution in [0.4, 0.5) is 15.8 Å². The fraction of sp³-hybridized carbons (Fsp3) is 0.270. The molecule has 1 aliphatic rings. The van der Waals surface area contributed by atoms with Crippen molar-refractivity contribution in [2.45, 2.75) is 32.1 Å². The van der Waals surface area contributed by atoms with Gasteiger partial charge < -0.3 is 20.5 Å². The van der Waals surface area contributed by atoms with Gasteiger partial charge in [0.1, 0.15) is 11.5 Å². The van der Waals surface area contributed by atoms with Gasteiger partial charge in [-0.1, -0.05) is 31.9 Å². The molecule has 0 unspecified atom stereocenters. The quantitative estimate of drug-likeness (QED) is 0.124. The Labute approximate surface area is 268 Å². The molecule has 0 spiro atoms. The average molecular weight is 615 g/mol. The van der Waals surface area contributed by atoms with E-state index < -0.39 is 0 Å². The molecule has 1 fully saturated rings. The van der Waals surface area contributed by atoms with Crippen molar-refractivity contribution < 1.29 is 4.39 Å². The van der Waals surface area contributed by atoms with E-state index in [2.05, 4.69) is 72.5 Å². The first kappa shape index (κ1) is 29.7. The molecule has 0 aliphatic heterocycles. The molecule has 9 heteroatoms. The van der Waals surface area contributed by atoms with Crippen molar-refractivity contribution >= 4 is 33.2 Å². The number of allylic oxidation sites excluding steroid dienone is 1. The molecule has 4 aromatic heterocycles. The molecule has 6 aromatic rings. The van der Waals surface area contributed by atoms with Gasteiger partial charge in [-0.25, -0.2) is 4.39 Å². The molecule has 0 bridgehead atoms. The van der Waals surface area contributed by atoms with Crippen molar-refractivity contribution in [3.8, 4) is 33.6 Å². The van der Waals surface area contributed by atoms with E-state index in [1.807, 2.05) is 32.6 Å². The number of aromatic amines is 2. The number of halogens is 1. The van der Waals surface area contributed by atoms with Crippen molar-refractivity contribution in [1.82, 2.24) is 30.0 Å². The minimum atomic E-state index is -0.296. The Balaban J connectivity index is 1.19. The van der Waals surface area contributed by atoms with Crippen LogP contribution in [0.2, 0.25) is 0 Å². The second kappa shape index (κ2) is 12.8. The standard InChI is InChI=1S/C37H39FN8/c1-23(24-7-5-4-6-8-24)42-30-15-27(19-39-20-30)25-9-10-34-32(16-25)37(45-44-34)35-18-31-33(21-40-22-36(31)43-35)26-13-28(38)17-29(14-26)41-11-12-46(2)3/h9-10,13-22,24,41-43H,1,4-8,11-12H2,2-3H3,(H,44,45). The third kappa shape index (κ3) is 6.23. The van der Waals surface area contributed by atoms with E-state index in [1.165, 1.54) is 38.2 Å². The number of rotatable bonds is 10. The highest BCUT2D eigenvalue weighted by atomic mass is 19.1. The lowest BCUT2D eigenvalue weighted by Crippen LogP contribution is -2.20. The van der Waals surface area contributed by atoms with Crippen LogP contribution in [0.15, 0.2) is 85.6 Å². The maximum absolute atomic E-state index is 14.7. The first-order chi connectivity index (χ1) is 22.4. The van der Waals surface area contributed by atoms with Crippen molar-refractivity contribution in [2.24, 2.45) is 5.92 Å². The highest BCUT2D eigenvalue weighted by Crippen LogP contribution is 2.36. The Bertz CT molecular complexity index is 2020. The minimum Gasteiger partial charge on any atom is -0.384 e.